The maximum atomic E-state index is 14.9. The van der Waals surface area contributed by atoms with Gasteiger partial charge in [-0.1, -0.05) is 0 Å². The zero-order valence-electron chi connectivity index (χ0n) is 14.4. The van der Waals surface area contributed by atoms with E-state index in [-0.39, 0.29) is 17.5 Å². The van der Waals surface area contributed by atoms with Crippen molar-refractivity contribution in [2.24, 2.45) is 7.05 Å². The second-order valence-corrected chi connectivity index (χ2v) is 6.83. The zero-order valence-corrected chi connectivity index (χ0v) is 14.4. The van der Waals surface area contributed by atoms with Gasteiger partial charge in [-0.2, -0.15) is 4.98 Å². The first-order valence-corrected chi connectivity index (χ1v) is 8.11. The largest absolute Gasteiger partial charge is 0.369 e. The molecule has 0 N–H and O–H groups in total. The first-order chi connectivity index (χ1) is 11.4. The van der Waals surface area contributed by atoms with Crippen molar-refractivity contribution >= 4 is 22.5 Å². The van der Waals surface area contributed by atoms with Gasteiger partial charge in [-0.05, 0) is 14.0 Å². The number of halogens is 1. The van der Waals surface area contributed by atoms with Crippen LogP contribution in [-0.2, 0) is 7.05 Å². The molecule has 0 radical (unpaired) electrons. The topological polar surface area (TPSA) is 57.5 Å². The van der Waals surface area contributed by atoms with E-state index in [9.17, 15) is 9.18 Å². The van der Waals surface area contributed by atoms with E-state index in [2.05, 4.69) is 26.8 Å². The fourth-order valence-electron chi connectivity index (χ4n) is 3.83. The van der Waals surface area contributed by atoms with Gasteiger partial charge in [0.2, 0.25) is 0 Å². The highest BCUT2D eigenvalue weighted by Gasteiger charge is 2.35. The summed E-state index contributed by atoms with van der Waals surface area (Å²) in [5.41, 5.74) is 0.927. The van der Waals surface area contributed by atoms with Crippen LogP contribution in [0.5, 0.6) is 0 Å². The van der Waals surface area contributed by atoms with Crippen LogP contribution in [0.25, 0.3) is 11.0 Å². The Bertz CT molecular complexity index is 894. The third-order valence-electron chi connectivity index (χ3n) is 5.11. The number of nitrogens with zero attached hydrogens (tertiary/aromatic N) is 6. The second kappa shape index (κ2) is 5.14. The van der Waals surface area contributed by atoms with E-state index in [0.717, 1.165) is 19.6 Å². The minimum Gasteiger partial charge on any atom is -0.369 e. The molecule has 2 aliphatic rings. The molecule has 4 rings (SSSR count). The van der Waals surface area contributed by atoms with E-state index in [0.29, 0.717) is 34.8 Å². The highest BCUT2D eigenvalue weighted by atomic mass is 19.1. The second-order valence-electron chi connectivity index (χ2n) is 6.83. The highest BCUT2D eigenvalue weighted by molar-refractivity contribution is 6.00. The lowest BCUT2D eigenvalue weighted by Gasteiger charge is -2.40. The first-order valence-electron chi connectivity index (χ1n) is 8.11. The molecule has 1 saturated heterocycles. The molecule has 1 atom stereocenters. The summed E-state index contributed by atoms with van der Waals surface area (Å²) in [5, 5.41) is 0.634. The number of aryl methyl sites for hydroxylation is 2. The van der Waals surface area contributed by atoms with Crippen molar-refractivity contribution in [3.05, 3.63) is 22.0 Å². The van der Waals surface area contributed by atoms with Crippen LogP contribution >= 0.6 is 0 Å². The quantitative estimate of drug-likeness (QED) is 0.694. The third kappa shape index (κ3) is 2.02. The zero-order chi connectivity index (χ0) is 17.2. The molecule has 0 bridgehead atoms. The highest BCUT2D eigenvalue weighted by Crippen LogP contribution is 2.38. The van der Waals surface area contributed by atoms with Gasteiger partial charge in [-0.3, -0.25) is 4.57 Å². The van der Waals surface area contributed by atoms with Crippen molar-refractivity contribution in [3.8, 4) is 0 Å². The number of likely N-dealkylation sites (N-methyl/N-ethyl adjacent to an activating group) is 2. The van der Waals surface area contributed by atoms with Crippen LogP contribution < -0.4 is 15.5 Å². The van der Waals surface area contributed by atoms with Gasteiger partial charge in [0.1, 0.15) is 11.5 Å². The number of pyridine rings is 1. The van der Waals surface area contributed by atoms with Crippen molar-refractivity contribution in [1.82, 2.24) is 19.4 Å². The molecule has 128 valence electrons. The molecule has 0 saturated carbocycles. The molecule has 2 aliphatic heterocycles. The number of anilines is 2. The first kappa shape index (κ1) is 15.3. The molecular weight excluding hydrogens is 311 g/mol. The summed E-state index contributed by atoms with van der Waals surface area (Å²) < 4.78 is 16.3. The van der Waals surface area contributed by atoms with Crippen LogP contribution in [0.2, 0.25) is 0 Å². The molecule has 4 heterocycles. The molecule has 8 heteroatoms. The Morgan fingerprint density at radius 2 is 1.88 bits per heavy atom. The number of hydrogen-bond donors (Lipinski definition) is 0. The summed E-state index contributed by atoms with van der Waals surface area (Å²) in [5.74, 6) is 0.233. The van der Waals surface area contributed by atoms with Gasteiger partial charge in [0.05, 0.1) is 22.8 Å². The molecule has 0 spiro atoms. The summed E-state index contributed by atoms with van der Waals surface area (Å²) in [6, 6.07) is 0.156. The minimum atomic E-state index is -0.357. The van der Waals surface area contributed by atoms with Crippen LogP contribution in [0, 0.1) is 12.7 Å². The fraction of sp³-hybridized carbons (Fsp3) is 0.562. The number of piperazine rings is 1. The molecule has 24 heavy (non-hydrogen) atoms. The predicted octanol–water partition coefficient (Wildman–Crippen LogP) is 0.346. The summed E-state index contributed by atoms with van der Waals surface area (Å²) >= 11 is 0. The fourth-order valence-corrected chi connectivity index (χ4v) is 3.83. The summed E-state index contributed by atoms with van der Waals surface area (Å²) in [7, 11) is 5.61. The number of rotatable bonds is 0. The lowest BCUT2D eigenvalue weighted by molar-refractivity contribution is 0.268. The SMILES string of the molecule is Cc1nc2c3c(nc(=O)n2C)N2CCN(C)CC2CN(C)c3c1F. The number of hydrogen-bond acceptors (Lipinski definition) is 6. The van der Waals surface area contributed by atoms with E-state index < -0.39 is 0 Å². The maximum Gasteiger partial charge on any atom is 0.350 e. The molecule has 1 unspecified atom stereocenters. The van der Waals surface area contributed by atoms with Gasteiger partial charge < -0.3 is 14.7 Å². The van der Waals surface area contributed by atoms with Gasteiger partial charge in [-0.15, -0.1) is 0 Å². The van der Waals surface area contributed by atoms with E-state index in [1.807, 2.05) is 11.9 Å². The average molecular weight is 332 g/mol. The Morgan fingerprint density at radius 3 is 2.62 bits per heavy atom. The van der Waals surface area contributed by atoms with Crippen LogP contribution in [0.4, 0.5) is 15.9 Å². The van der Waals surface area contributed by atoms with Crippen molar-refractivity contribution < 1.29 is 4.39 Å². The summed E-state index contributed by atoms with van der Waals surface area (Å²) in [6.45, 7) is 4.81. The Hall–Kier alpha value is -2.22. The molecular formula is C16H21FN6O. The lowest BCUT2D eigenvalue weighted by Crippen LogP contribution is -2.55. The molecule has 2 aromatic heterocycles. The summed E-state index contributed by atoms with van der Waals surface area (Å²) in [4.78, 5) is 27.3. The average Bonchev–Trinajstić information content (AvgIpc) is 2.64. The van der Waals surface area contributed by atoms with Crippen molar-refractivity contribution in [1.29, 1.82) is 0 Å². The van der Waals surface area contributed by atoms with Gasteiger partial charge in [0.15, 0.2) is 5.82 Å². The number of fused-ring (bicyclic) bond motifs is 2. The molecule has 2 aromatic rings. The van der Waals surface area contributed by atoms with Crippen molar-refractivity contribution in [2.45, 2.75) is 13.0 Å². The smallest absolute Gasteiger partial charge is 0.350 e. The maximum absolute atomic E-state index is 14.9. The van der Waals surface area contributed by atoms with Gasteiger partial charge in [0.25, 0.3) is 0 Å². The Balaban J connectivity index is 2.10. The van der Waals surface area contributed by atoms with Crippen LogP contribution in [0.3, 0.4) is 0 Å². The monoisotopic (exact) mass is 332 g/mol. The molecule has 0 amide bonds. The standard InChI is InChI=1S/C16H21FN6O/c1-9-12(17)13-11-14(18-9)22(4)16(24)19-15(11)23-6-5-20(2)7-10(23)8-21(13)3/h10H,5-8H2,1-4H3. The van der Waals surface area contributed by atoms with Crippen LogP contribution in [0.1, 0.15) is 5.69 Å². The normalized spacial score (nSPS) is 21.1. The summed E-state index contributed by atoms with van der Waals surface area (Å²) in [6.07, 6.45) is 0. The number of aromatic nitrogens is 3. The van der Waals surface area contributed by atoms with E-state index in [1.165, 1.54) is 4.57 Å². The van der Waals surface area contributed by atoms with Gasteiger partial charge in [-0.25, -0.2) is 14.2 Å². The third-order valence-corrected chi connectivity index (χ3v) is 5.11. The minimum absolute atomic E-state index is 0.156. The molecule has 1 fully saturated rings. The van der Waals surface area contributed by atoms with Crippen molar-refractivity contribution in [2.75, 3.05) is 50.1 Å². The van der Waals surface area contributed by atoms with E-state index in [1.54, 1.807) is 14.0 Å². The van der Waals surface area contributed by atoms with Crippen LogP contribution in [0.15, 0.2) is 4.79 Å². The van der Waals surface area contributed by atoms with Gasteiger partial charge in [0, 0.05) is 40.3 Å². The van der Waals surface area contributed by atoms with E-state index in [4.69, 9.17) is 0 Å². The van der Waals surface area contributed by atoms with Gasteiger partial charge >= 0.3 is 5.69 Å². The molecule has 7 nitrogen and oxygen atoms in total. The Morgan fingerprint density at radius 1 is 1.12 bits per heavy atom. The van der Waals surface area contributed by atoms with Crippen LogP contribution in [-0.4, -0.2) is 65.8 Å². The Labute approximate surface area is 139 Å². The molecule has 0 aliphatic carbocycles. The lowest BCUT2D eigenvalue weighted by atomic mass is 10.1. The van der Waals surface area contributed by atoms with E-state index >= 15 is 0 Å². The predicted molar refractivity (Wildman–Crippen MR) is 91.4 cm³/mol. The molecule has 0 aromatic carbocycles. The Kier molecular flexibility index (Phi) is 3.28. The van der Waals surface area contributed by atoms with Crippen molar-refractivity contribution in [3.63, 3.8) is 0 Å².